The van der Waals surface area contributed by atoms with E-state index in [-0.39, 0.29) is 38.9 Å². The van der Waals surface area contributed by atoms with Crippen molar-refractivity contribution in [1.29, 1.82) is 0 Å². The predicted molar refractivity (Wildman–Crippen MR) is 442 cm³/mol. The number of fused-ring (bicyclic) bond motifs is 10. The summed E-state index contributed by atoms with van der Waals surface area (Å²) < 4.78 is 10.0. The molecule has 2 unspecified atom stereocenters. The average molecular weight is 1350 g/mol. The van der Waals surface area contributed by atoms with Gasteiger partial charge in [-0.25, -0.2) is 0 Å². The number of benzene rings is 13. The van der Waals surface area contributed by atoms with Crippen molar-refractivity contribution in [3.05, 3.63) is 328 Å². The monoisotopic (exact) mass is 1350 g/mol. The first-order chi connectivity index (χ1) is 49.2. The summed E-state index contributed by atoms with van der Waals surface area (Å²) in [6.07, 6.45) is 0. The van der Waals surface area contributed by atoms with Crippen LogP contribution >= 0.6 is 11.3 Å². The Kier molecular flexibility index (Phi) is 15.5. The van der Waals surface area contributed by atoms with Gasteiger partial charge in [0, 0.05) is 53.9 Å². The number of furan rings is 1. The molecule has 2 aromatic heterocycles. The number of thiophene rings is 1. The quantitative estimate of drug-likeness (QED) is 0.151. The first kappa shape index (κ1) is 66.0. The van der Waals surface area contributed by atoms with E-state index in [0.29, 0.717) is 0 Å². The molecule has 0 saturated heterocycles. The highest BCUT2D eigenvalue weighted by Crippen LogP contribution is 2.65. The van der Waals surface area contributed by atoms with Crippen molar-refractivity contribution < 1.29 is 4.42 Å². The molecule has 0 bridgehead atoms. The Balaban J connectivity index is 1.09. The van der Waals surface area contributed by atoms with Crippen molar-refractivity contribution in [2.45, 2.75) is 143 Å². The van der Waals surface area contributed by atoms with Gasteiger partial charge < -0.3 is 9.32 Å². The van der Waals surface area contributed by atoms with E-state index in [1.165, 1.54) is 132 Å². The van der Waals surface area contributed by atoms with Crippen LogP contribution in [0.1, 0.15) is 177 Å². The summed E-state index contributed by atoms with van der Waals surface area (Å²) in [7, 11) is 0. The summed E-state index contributed by atoms with van der Waals surface area (Å²) in [5.41, 5.74) is 33.1. The summed E-state index contributed by atoms with van der Waals surface area (Å²) in [6.45, 7) is 35.6. The van der Waals surface area contributed by atoms with Crippen LogP contribution in [0.4, 0.5) is 17.1 Å². The molecule has 0 saturated carbocycles. The second kappa shape index (κ2) is 24.2. The molecule has 103 heavy (non-hydrogen) atoms. The Morgan fingerprint density at radius 3 is 1.30 bits per heavy atom. The molecule has 3 heteroatoms. The van der Waals surface area contributed by atoms with E-state index in [1.807, 2.05) is 11.3 Å². The molecule has 17 rings (SSSR count). The Hall–Kier alpha value is -10.3. The number of hydrogen-bond donors (Lipinski definition) is 0. The third-order valence-corrected chi connectivity index (χ3v) is 23.5. The van der Waals surface area contributed by atoms with Crippen molar-refractivity contribution in [2.75, 3.05) is 4.90 Å². The van der Waals surface area contributed by atoms with E-state index in [0.717, 1.165) is 55.6 Å². The molecular formula is C100H91NOS. The molecule has 0 fully saturated rings. The molecule has 13 aromatic carbocycles. The second-order valence-electron chi connectivity index (χ2n) is 34.4. The second-order valence-corrected chi connectivity index (χ2v) is 35.5. The SMILES string of the molecule is CC(C)(C)c1cc(-c2ccc3c(c2)C2c4ccc(-c5cc(C(C)(C)C)cc(C(C)(C)C)c5)cc4N(c4c(-c5ccccc5)cc5c(oc6ccccc65)c4-c4ccccc4)c4cc(C(C)(C)C)cc(c42)C3c2c(-c3ccccc3)cc3sc4ccccc4c3c2-c2ccccc2)cc(C(C)(C)C)c1. The fraction of sp³-hybridized carbons (Fsp3) is 0.220. The van der Waals surface area contributed by atoms with E-state index in [1.54, 1.807) is 0 Å². The van der Waals surface area contributed by atoms with E-state index in [2.05, 4.69) is 376 Å². The van der Waals surface area contributed by atoms with Gasteiger partial charge in [0.05, 0.1) is 17.1 Å². The number of nitrogens with zero attached hydrogens (tertiary/aromatic N) is 1. The number of hydrogen-bond acceptors (Lipinski definition) is 3. The maximum absolute atomic E-state index is 7.45. The normalized spacial score (nSPS) is 14.7. The molecule has 0 N–H and O–H groups in total. The Morgan fingerprint density at radius 2 is 0.748 bits per heavy atom. The van der Waals surface area contributed by atoms with Crippen LogP contribution < -0.4 is 4.90 Å². The van der Waals surface area contributed by atoms with Gasteiger partial charge in [0.25, 0.3) is 0 Å². The summed E-state index contributed by atoms with van der Waals surface area (Å²) in [4.78, 5) is 2.75. The van der Waals surface area contributed by atoms with Crippen LogP contribution in [-0.4, -0.2) is 0 Å². The van der Waals surface area contributed by atoms with E-state index in [4.69, 9.17) is 4.42 Å². The summed E-state index contributed by atoms with van der Waals surface area (Å²) in [5, 5.41) is 4.77. The highest BCUT2D eigenvalue weighted by atomic mass is 32.1. The van der Waals surface area contributed by atoms with Gasteiger partial charge in [-0.05, 0) is 186 Å². The van der Waals surface area contributed by atoms with Crippen molar-refractivity contribution >= 4 is 70.5 Å². The van der Waals surface area contributed by atoms with Crippen LogP contribution in [0.2, 0.25) is 0 Å². The van der Waals surface area contributed by atoms with E-state index < -0.39 is 0 Å². The molecule has 2 atom stereocenters. The van der Waals surface area contributed by atoms with Crippen molar-refractivity contribution in [3.8, 4) is 66.8 Å². The number of anilines is 3. The first-order valence-electron chi connectivity index (χ1n) is 37.0. The molecule has 0 spiro atoms. The Bertz CT molecular complexity index is 5810. The van der Waals surface area contributed by atoms with Gasteiger partial charge in [0.1, 0.15) is 11.2 Å². The molecule has 0 radical (unpaired) electrons. The lowest BCUT2D eigenvalue weighted by molar-refractivity contribution is 0.568. The third-order valence-electron chi connectivity index (χ3n) is 22.3. The van der Waals surface area contributed by atoms with Crippen LogP contribution in [0.15, 0.2) is 271 Å². The fourth-order valence-electron chi connectivity index (χ4n) is 16.7. The zero-order valence-corrected chi connectivity index (χ0v) is 63.1. The van der Waals surface area contributed by atoms with Crippen molar-refractivity contribution in [3.63, 3.8) is 0 Å². The summed E-state index contributed by atoms with van der Waals surface area (Å²) >= 11 is 1.91. The molecule has 2 nitrogen and oxygen atoms in total. The largest absolute Gasteiger partial charge is 0.455 e. The third kappa shape index (κ3) is 11.3. The highest BCUT2D eigenvalue weighted by Gasteiger charge is 2.46. The maximum Gasteiger partial charge on any atom is 0.145 e. The van der Waals surface area contributed by atoms with Crippen LogP contribution in [0.3, 0.4) is 0 Å². The molecule has 1 aliphatic heterocycles. The first-order valence-corrected chi connectivity index (χ1v) is 37.8. The minimum atomic E-state index is -0.311. The fourth-order valence-corrected chi connectivity index (χ4v) is 17.8. The zero-order chi connectivity index (χ0) is 71.4. The van der Waals surface area contributed by atoms with Gasteiger partial charge in [-0.3, -0.25) is 0 Å². The Labute approximate surface area is 613 Å². The smallest absolute Gasteiger partial charge is 0.145 e. The molecule has 3 heterocycles. The van der Waals surface area contributed by atoms with Gasteiger partial charge in [0.15, 0.2) is 0 Å². The van der Waals surface area contributed by atoms with Crippen LogP contribution in [0, 0.1) is 0 Å². The standard InChI is InChI=1S/C100H91NOS/c1-96(2,3)68-48-66(49-69(54-68)97(4,5)6)64-44-46-74-79(52-64)90-75-47-45-65(67-50-70(98(7,8)9)55-71(51-67)99(10,11)12)53-82(75)101(94-78(61-34-22-17-23-35-61)58-80-73-40-28-30-42-84(73)102-95(80)88(94)63-38-26-19-27-39-63)83-57-72(100(13,14)15)56-81(91(83)90)89(74)93-77(60-32-20-16-21-33-60)59-86-92(76-41-29-31-43-85(76)103-86)87(93)62-36-24-18-25-37-62/h16-59,89-90H,1-15H3. The summed E-state index contributed by atoms with van der Waals surface area (Å²) in [5.74, 6) is -0.486. The summed E-state index contributed by atoms with van der Waals surface area (Å²) in [6, 6.07) is 103. The van der Waals surface area contributed by atoms with Crippen molar-refractivity contribution in [2.24, 2.45) is 0 Å². The van der Waals surface area contributed by atoms with Gasteiger partial charge in [-0.1, -0.05) is 328 Å². The number of para-hydroxylation sites is 1. The minimum Gasteiger partial charge on any atom is -0.455 e. The highest BCUT2D eigenvalue weighted by molar-refractivity contribution is 7.26. The zero-order valence-electron chi connectivity index (χ0n) is 62.3. The lowest BCUT2D eigenvalue weighted by atomic mass is 9.63. The minimum absolute atomic E-state index is 0.0911. The number of rotatable bonds is 8. The van der Waals surface area contributed by atoms with Gasteiger partial charge in [-0.2, -0.15) is 0 Å². The van der Waals surface area contributed by atoms with Crippen molar-refractivity contribution in [1.82, 2.24) is 0 Å². The van der Waals surface area contributed by atoms with E-state index in [9.17, 15) is 0 Å². The molecule has 1 aliphatic carbocycles. The average Bonchev–Trinajstić information content (AvgIpc) is 1.28. The lowest BCUT2D eigenvalue weighted by Crippen LogP contribution is -2.30. The van der Waals surface area contributed by atoms with E-state index >= 15 is 0 Å². The van der Waals surface area contributed by atoms with Gasteiger partial charge >= 0.3 is 0 Å². The molecule has 508 valence electrons. The van der Waals surface area contributed by atoms with Gasteiger partial charge in [0.2, 0.25) is 0 Å². The van der Waals surface area contributed by atoms with Crippen LogP contribution in [0.25, 0.3) is 109 Å². The Morgan fingerprint density at radius 1 is 0.291 bits per heavy atom. The molecule has 0 amide bonds. The predicted octanol–water partition coefficient (Wildman–Crippen LogP) is 28.9. The molecule has 2 aliphatic rings. The molecular weight excluding hydrogens is 1260 g/mol. The van der Waals surface area contributed by atoms with Crippen LogP contribution in [0.5, 0.6) is 0 Å². The van der Waals surface area contributed by atoms with Gasteiger partial charge in [-0.15, -0.1) is 11.3 Å². The maximum atomic E-state index is 7.45. The van der Waals surface area contributed by atoms with Crippen LogP contribution in [-0.2, 0) is 27.1 Å². The molecule has 15 aromatic rings. The topological polar surface area (TPSA) is 16.4 Å². The lowest BCUT2D eigenvalue weighted by Gasteiger charge is -2.46.